The third kappa shape index (κ3) is 5.27. The highest BCUT2D eigenvalue weighted by atomic mass is 79.9. The lowest BCUT2D eigenvalue weighted by Crippen LogP contribution is -2.26. The molecule has 1 atom stereocenters. The van der Waals surface area contributed by atoms with Crippen molar-refractivity contribution in [2.45, 2.75) is 26.4 Å². The summed E-state index contributed by atoms with van der Waals surface area (Å²) in [6, 6.07) is 28.7. The molecule has 0 saturated heterocycles. The smallest absolute Gasteiger partial charge is 0.336 e. The molecule has 0 aliphatic heterocycles. The SMILES string of the molecule is Cc1cn(Cc2ccc(-c3ccccc3C(=O)O)cc2)c2ccc(C(=O)NC(C)c3ccc(Br)cc3)cc12. The molecule has 5 rings (SSSR count). The number of aromatic carboxylic acids is 1. The summed E-state index contributed by atoms with van der Waals surface area (Å²) in [7, 11) is 0. The lowest BCUT2D eigenvalue weighted by molar-refractivity contribution is 0.0697. The summed E-state index contributed by atoms with van der Waals surface area (Å²) >= 11 is 3.45. The number of amides is 1. The maximum atomic E-state index is 13.0. The molecule has 0 aliphatic carbocycles. The molecule has 38 heavy (non-hydrogen) atoms. The first-order chi connectivity index (χ1) is 18.3. The van der Waals surface area contributed by atoms with Gasteiger partial charge in [0, 0.05) is 33.7 Å². The molecular weight excluding hydrogens is 540 g/mol. The van der Waals surface area contributed by atoms with E-state index in [-0.39, 0.29) is 11.9 Å². The van der Waals surface area contributed by atoms with E-state index in [1.54, 1.807) is 12.1 Å². The summed E-state index contributed by atoms with van der Waals surface area (Å²) in [6.45, 7) is 4.70. The minimum Gasteiger partial charge on any atom is -0.478 e. The first kappa shape index (κ1) is 25.5. The average Bonchev–Trinajstić information content (AvgIpc) is 3.23. The number of carbonyl (C=O) groups is 2. The highest BCUT2D eigenvalue weighted by Gasteiger charge is 2.15. The molecule has 190 valence electrons. The number of halogens is 1. The van der Waals surface area contributed by atoms with Crippen molar-refractivity contribution in [1.29, 1.82) is 0 Å². The predicted molar refractivity (Wildman–Crippen MR) is 155 cm³/mol. The van der Waals surface area contributed by atoms with Gasteiger partial charge in [-0.15, -0.1) is 0 Å². The Balaban J connectivity index is 1.34. The van der Waals surface area contributed by atoms with Crippen molar-refractivity contribution in [3.8, 4) is 11.1 Å². The number of nitrogens with zero attached hydrogens (tertiary/aromatic N) is 1. The molecule has 0 bridgehead atoms. The number of hydrogen-bond acceptors (Lipinski definition) is 2. The lowest BCUT2D eigenvalue weighted by Gasteiger charge is -2.15. The molecule has 1 unspecified atom stereocenters. The Bertz CT molecular complexity index is 1640. The fourth-order valence-electron chi connectivity index (χ4n) is 4.77. The van der Waals surface area contributed by atoms with Crippen molar-refractivity contribution in [2.75, 3.05) is 0 Å². The molecule has 0 spiro atoms. The van der Waals surface area contributed by atoms with Crippen LogP contribution in [0.3, 0.4) is 0 Å². The maximum Gasteiger partial charge on any atom is 0.336 e. The number of carboxylic acids is 1. The van der Waals surface area contributed by atoms with Crippen molar-refractivity contribution >= 4 is 38.7 Å². The van der Waals surface area contributed by atoms with Gasteiger partial charge in [-0.3, -0.25) is 4.79 Å². The molecule has 0 radical (unpaired) electrons. The molecule has 1 amide bonds. The predicted octanol–water partition coefficient (Wildman–Crippen LogP) is 7.62. The van der Waals surface area contributed by atoms with Gasteiger partial charge in [0.2, 0.25) is 0 Å². The van der Waals surface area contributed by atoms with Crippen molar-refractivity contribution in [3.63, 3.8) is 0 Å². The van der Waals surface area contributed by atoms with Crippen molar-refractivity contribution in [3.05, 3.63) is 129 Å². The van der Waals surface area contributed by atoms with E-state index in [4.69, 9.17) is 0 Å². The second-order valence-electron chi connectivity index (χ2n) is 9.47. The van der Waals surface area contributed by atoms with Gasteiger partial charge in [-0.1, -0.05) is 70.5 Å². The Morgan fingerprint density at radius 1 is 0.947 bits per heavy atom. The van der Waals surface area contributed by atoms with Crippen LogP contribution in [0, 0.1) is 6.92 Å². The summed E-state index contributed by atoms with van der Waals surface area (Å²) < 4.78 is 3.18. The number of aromatic nitrogens is 1. The fraction of sp³-hybridized carbons (Fsp3) is 0.125. The van der Waals surface area contributed by atoms with E-state index in [2.05, 4.69) is 38.9 Å². The quantitative estimate of drug-likeness (QED) is 0.213. The highest BCUT2D eigenvalue weighted by molar-refractivity contribution is 9.10. The zero-order valence-electron chi connectivity index (χ0n) is 21.1. The Labute approximate surface area is 229 Å². The number of aryl methyl sites for hydroxylation is 1. The van der Waals surface area contributed by atoms with Crippen LogP contribution in [-0.4, -0.2) is 21.6 Å². The van der Waals surface area contributed by atoms with Crippen LogP contribution in [0.25, 0.3) is 22.0 Å². The van der Waals surface area contributed by atoms with Gasteiger partial charge in [-0.05, 0) is 78.1 Å². The van der Waals surface area contributed by atoms with Crippen molar-refractivity contribution < 1.29 is 14.7 Å². The third-order valence-corrected chi connectivity index (χ3v) is 7.36. The van der Waals surface area contributed by atoms with Gasteiger partial charge in [0.1, 0.15) is 0 Å². The van der Waals surface area contributed by atoms with E-state index < -0.39 is 5.97 Å². The second-order valence-corrected chi connectivity index (χ2v) is 10.4. The van der Waals surface area contributed by atoms with Gasteiger partial charge in [-0.25, -0.2) is 4.79 Å². The fourth-order valence-corrected chi connectivity index (χ4v) is 5.03. The molecule has 0 saturated carbocycles. The molecule has 5 nitrogen and oxygen atoms in total. The molecule has 5 aromatic rings. The zero-order valence-corrected chi connectivity index (χ0v) is 22.7. The van der Waals surface area contributed by atoms with Crippen molar-refractivity contribution in [1.82, 2.24) is 9.88 Å². The summed E-state index contributed by atoms with van der Waals surface area (Å²) in [5, 5.41) is 13.6. The second kappa shape index (κ2) is 10.7. The average molecular weight is 567 g/mol. The summed E-state index contributed by atoms with van der Waals surface area (Å²) in [6.07, 6.45) is 2.10. The molecule has 4 aromatic carbocycles. The number of fused-ring (bicyclic) bond motifs is 1. The van der Waals surface area contributed by atoms with Crippen LogP contribution < -0.4 is 5.32 Å². The first-order valence-electron chi connectivity index (χ1n) is 12.4. The number of benzene rings is 4. The molecule has 1 heterocycles. The topological polar surface area (TPSA) is 71.3 Å². The van der Waals surface area contributed by atoms with E-state index in [9.17, 15) is 14.7 Å². The Hall–Kier alpha value is -4.16. The van der Waals surface area contributed by atoms with Gasteiger partial charge < -0.3 is 15.0 Å². The summed E-state index contributed by atoms with van der Waals surface area (Å²) in [5.41, 5.74) is 6.79. The largest absolute Gasteiger partial charge is 0.478 e. The first-order valence-corrected chi connectivity index (χ1v) is 13.2. The molecular formula is C32H27BrN2O3. The van der Waals surface area contributed by atoms with Gasteiger partial charge in [0.25, 0.3) is 5.91 Å². The molecule has 2 N–H and O–H groups in total. The molecule has 0 fully saturated rings. The van der Waals surface area contributed by atoms with Crippen LogP contribution in [0.1, 0.15) is 50.4 Å². The van der Waals surface area contributed by atoms with Gasteiger partial charge >= 0.3 is 5.97 Å². The van der Waals surface area contributed by atoms with Crippen LogP contribution in [0.2, 0.25) is 0 Å². The standard InChI is InChI=1S/C32H27BrN2O3/c1-20-18-35(19-22-7-9-24(10-8-22)27-5-3-4-6-28(27)32(37)38)30-16-13-25(17-29(20)30)31(36)34-21(2)23-11-14-26(33)15-12-23/h3-18,21H,19H2,1-2H3,(H,34,36)(H,37,38). The third-order valence-electron chi connectivity index (χ3n) is 6.84. The molecule has 1 aromatic heterocycles. The molecule has 0 aliphatic rings. The monoisotopic (exact) mass is 566 g/mol. The van der Waals surface area contributed by atoms with Gasteiger partial charge in [-0.2, -0.15) is 0 Å². The Morgan fingerprint density at radius 3 is 2.37 bits per heavy atom. The van der Waals surface area contributed by atoms with Crippen LogP contribution in [0.15, 0.2) is 102 Å². The molecule has 6 heteroatoms. The lowest BCUT2D eigenvalue weighted by atomic mass is 9.99. The normalized spacial score (nSPS) is 11.9. The van der Waals surface area contributed by atoms with Crippen LogP contribution in [-0.2, 0) is 6.54 Å². The zero-order chi connectivity index (χ0) is 26.8. The van der Waals surface area contributed by atoms with Gasteiger partial charge in [0.05, 0.1) is 11.6 Å². The Kier molecular flexibility index (Phi) is 7.16. The maximum absolute atomic E-state index is 13.0. The Morgan fingerprint density at radius 2 is 1.66 bits per heavy atom. The number of carbonyl (C=O) groups excluding carboxylic acids is 1. The van der Waals surface area contributed by atoms with Gasteiger partial charge in [0.15, 0.2) is 0 Å². The number of carboxylic acid groups (broad SMARTS) is 1. The van der Waals surface area contributed by atoms with Crippen LogP contribution in [0.5, 0.6) is 0 Å². The van der Waals surface area contributed by atoms with E-state index in [1.165, 1.54) is 0 Å². The highest BCUT2D eigenvalue weighted by Crippen LogP contribution is 2.27. The van der Waals surface area contributed by atoms with Crippen LogP contribution in [0.4, 0.5) is 0 Å². The number of rotatable bonds is 7. The van der Waals surface area contributed by atoms with E-state index in [1.807, 2.05) is 85.8 Å². The van der Waals surface area contributed by atoms with E-state index in [0.717, 1.165) is 37.6 Å². The van der Waals surface area contributed by atoms with E-state index in [0.29, 0.717) is 23.2 Å². The minimum atomic E-state index is -0.935. The van der Waals surface area contributed by atoms with E-state index >= 15 is 0 Å². The summed E-state index contributed by atoms with van der Waals surface area (Å²) in [4.78, 5) is 24.6. The van der Waals surface area contributed by atoms with Crippen molar-refractivity contribution in [2.24, 2.45) is 0 Å². The number of nitrogens with one attached hydrogen (secondary N) is 1. The number of hydrogen-bond donors (Lipinski definition) is 2. The minimum absolute atomic E-state index is 0.105. The van der Waals surface area contributed by atoms with Crippen LogP contribution >= 0.6 is 15.9 Å². The summed E-state index contributed by atoms with van der Waals surface area (Å²) in [5.74, 6) is -1.04.